The van der Waals surface area contributed by atoms with Crippen molar-refractivity contribution in [1.29, 1.82) is 0 Å². The number of benzene rings is 2. The number of nitrogens with one attached hydrogen (secondary N) is 1. The molecule has 24 heavy (non-hydrogen) atoms. The van der Waals surface area contributed by atoms with Gasteiger partial charge >= 0.3 is 6.36 Å². The number of alkyl halides is 3. The first-order valence-electron chi connectivity index (χ1n) is 6.82. The van der Waals surface area contributed by atoms with Crippen LogP contribution in [-0.4, -0.2) is 21.4 Å². The first kappa shape index (κ1) is 17.9. The maximum Gasteiger partial charge on any atom is 0.573 e. The van der Waals surface area contributed by atoms with E-state index >= 15 is 0 Å². The molecular weight excluding hydrogens is 347 g/mol. The van der Waals surface area contributed by atoms with Crippen molar-refractivity contribution in [2.75, 3.05) is 11.3 Å². The van der Waals surface area contributed by atoms with Gasteiger partial charge in [-0.3, -0.25) is 4.72 Å². The van der Waals surface area contributed by atoms with Gasteiger partial charge in [-0.05, 0) is 31.2 Å². The van der Waals surface area contributed by atoms with Crippen LogP contribution < -0.4 is 14.2 Å². The van der Waals surface area contributed by atoms with Crippen molar-refractivity contribution in [3.8, 4) is 11.5 Å². The lowest BCUT2D eigenvalue weighted by atomic mass is 10.3. The molecule has 5 nitrogen and oxygen atoms in total. The maximum absolute atomic E-state index is 12.4. The highest BCUT2D eigenvalue weighted by Crippen LogP contribution is 2.29. The zero-order valence-corrected chi connectivity index (χ0v) is 13.3. The Hall–Kier alpha value is -2.42. The summed E-state index contributed by atoms with van der Waals surface area (Å²) in [6.45, 7) is 2.07. The van der Waals surface area contributed by atoms with E-state index in [1.54, 1.807) is 25.1 Å². The Balaban J connectivity index is 2.30. The second kappa shape index (κ2) is 7.00. The van der Waals surface area contributed by atoms with Crippen LogP contribution in [0.5, 0.6) is 11.5 Å². The predicted molar refractivity (Wildman–Crippen MR) is 81.5 cm³/mol. The molecule has 0 saturated carbocycles. The molecule has 0 aliphatic rings. The second-order valence-corrected chi connectivity index (χ2v) is 6.24. The van der Waals surface area contributed by atoms with Gasteiger partial charge in [0.2, 0.25) is 0 Å². The first-order chi connectivity index (χ1) is 11.2. The molecule has 0 aliphatic heterocycles. The molecule has 2 aromatic carbocycles. The van der Waals surface area contributed by atoms with E-state index in [2.05, 4.69) is 9.46 Å². The van der Waals surface area contributed by atoms with E-state index in [0.717, 1.165) is 24.3 Å². The minimum Gasteiger partial charge on any atom is -0.492 e. The highest BCUT2D eigenvalue weighted by Gasteiger charge is 2.31. The summed E-state index contributed by atoms with van der Waals surface area (Å²) in [7, 11) is -4.11. The van der Waals surface area contributed by atoms with Crippen molar-refractivity contribution >= 4 is 15.7 Å². The van der Waals surface area contributed by atoms with E-state index in [1.807, 2.05) is 0 Å². The Labute approximate surface area is 137 Å². The van der Waals surface area contributed by atoms with Gasteiger partial charge < -0.3 is 9.47 Å². The van der Waals surface area contributed by atoms with Crippen molar-refractivity contribution in [2.24, 2.45) is 0 Å². The summed E-state index contributed by atoms with van der Waals surface area (Å²) >= 11 is 0. The summed E-state index contributed by atoms with van der Waals surface area (Å²) in [5.41, 5.74) is 0.182. The van der Waals surface area contributed by atoms with Gasteiger partial charge in [-0.2, -0.15) is 0 Å². The largest absolute Gasteiger partial charge is 0.573 e. The molecule has 0 bridgehead atoms. The van der Waals surface area contributed by atoms with Crippen molar-refractivity contribution < 1.29 is 31.1 Å². The Morgan fingerprint density at radius 1 is 1.08 bits per heavy atom. The molecule has 2 rings (SSSR count). The number of rotatable bonds is 6. The lowest BCUT2D eigenvalue weighted by molar-refractivity contribution is -0.274. The molecule has 0 heterocycles. The van der Waals surface area contributed by atoms with E-state index in [9.17, 15) is 21.6 Å². The standard InChI is InChI=1S/C15H14F3NO4S/c1-2-22-14-9-4-3-8-13(14)19-24(20,21)12-7-5-6-11(10-12)23-15(16,17)18/h3-10,19H,2H2,1H3. The van der Waals surface area contributed by atoms with Crippen molar-refractivity contribution in [2.45, 2.75) is 18.2 Å². The average molecular weight is 361 g/mol. The number of sulfonamides is 1. The van der Waals surface area contributed by atoms with Crippen LogP contribution in [0.2, 0.25) is 0 Å². The van der Waals surface area contributed by atoms with E-state index in [4.69, 9.17) is 4.74 Å². The smallest absolute Gasteiger partial charge is 0.492 e. The molecule has 0 radical (unpaired) electrons. The van der Waals surface area contributed by atoms with Gasteiger partial charge in [-0.1, -0.05) is 18.2 Å². The number of halogens is 3. The van der Waals surface area contributed by atoms with Crippen LogP contribution in [0.3, 0.4) is 0 Å². The van der Waals surface area contributed by atoms with Gasteiger partial charge in [0, 0.05) is 6.07 Å². The minimum atomic E-state index is -4.91. The molecule has 1 N–H and O–H groups in total. The third-order valence-corrected chi connectivity index (χ3v) is 4.14. The van der Waals surface area contributed by atoms with Crippen LogP contribution in [-0.2, 0) is 10.0 Å². The van der Waals surface area contributed by atoms with Gasteiger partial charge in [-0.15, -0.1) is 13.2 Å². The molecule has 0 atom stereocenters. The molecule has 0 fully saturated rings. The van der Waals surface area contributed by atoms with Crippen LogP contribution in [0.4, 0.5) is 18.9 Å². The van der Waals surface area contributed by atoms with E-state index < -0.39 is 22.1 Å². The fourth-order valence-electron chi connectivity index (χ4n) is 1.87. The van der Waals surface area contributed by atoms with Crippen LogP contribution in [0, 0.1) is 0 Å². The summed E-state index contributed by atoms with van der Waals surface area (Å²) in [5.74, 6) is -0.310. The van der Waals surface area contributed by atoms with Gasteiger partial charge in [0.1, 0.15) is 11.5 Å². The van der Waals surface area contributed by atoms with Crippen molar-refractivity contribution in [3.63, 3.8) is 0 Å². The van der Waals surface area contributed by atoms with Crippen molar-refractivity contribution in [1.82, 2.24) is 0 Å². The Morgan fingerprint density at radius 2 is 1.79 bits per heavy atom. The topological polar surface area (TPSA) is 64.6 Å². The normalized spacial score (nSPS) is 11.8. The Kier molecular flexibility index (Phi) is 5.23. The first-order valence-corrected chi connectivity index (χ1v) is 8.30. The van der Waals surface area contributed by atoms with Gasteiger partial charge in [0.25, 0.3) is 10.0 Å². The van der Waals surface area contributed by atoms with Gasteiger partial charge in [-0.25, -0.2) is 8.42 Å². The number of para-hydroxylation sites is 2. The van der Waals surface area contributed by atoms with Gasteiger partial charge in [0.15, 0.2) is 0 Å². The van der Waals surface area contributed by atoms with Crippen LogP contribution in [0.25, 0.3) is 0 Å². The Morgan fingerprint density at radius 3 is 2.46 bits per heavy atom. The minimum absolute atomic E-state index is 0.182. The van der Waals surface area contributed by atoms with Crippen LogP contribution >= 0.6 is 0 Å². The molecule has 0 aliphatic carbocycles. The molecule has 2 aromatic rings. The summed E-state index contributed by atoms with van der Waals surface area (Å²) in [6.07, 6.45) is -4.91. The maximum atomic E-state index is 12.4. The molecular formula is C15H14F3NO4S. The zero-order valence-electron chi connectivity index (χ0n) is 12.5. The van der Waals surface area contributed by atoms with E-state index in [1.165, 1.54) is 6.07 Å². The van der Waals surface area contributed by atoms with E-state index in [-0.39, 0.29) is 10.6 Å². The van der Waals surface area contributed by atoms with Crippen LogP contribution in [0.1, 0.15) is 6.92 Å². The lowest BCUT2D eigenvalue weighted by Gasteiger charge is -2.14. The van der Waals surface area contributed by atoms with Crippen molar-refractivity contribution in [3.05, 3.63) is 48.5 Å². The number of hydrogen-bond acceptors (Lipinski definition) is 4. The molecule has 130 valence electrons. The summed E-state index contributed by atoms with van der Waals surface area (Å²) < 4.78 is 72.8. The summed E-state index contributed by atoms with van der Waals surface area (Å²) in [4.78, 5) is -0.365. The monoisotopic (exact) mass is 361 g/mol. The molecule has 0 saturated heterocycles. The SMILES string of the molecule is CCOc1ccccc1NS(=O)(=O)c1cccc(OC(F)(F)F)c1. The molecule has 0 unspecified atom stereocenters. The highest BCUT2D eigenvalue weighted by molar-refractivity contribution is 7.92. The number of hydrogen-bond donors (Lipinski definition) is 1. The second-order valence-electron chi connectivity index (χ2n) is 4.56. The number of ether oxygens (including phenoxy) is 2. The van der Waals surface area contributed by atoms with Crippen LogP contribution in [0.15, 0.2) is 53.4 Å². The lowest BCUT2D eigenvalue weighted by Crippen LogP contribution is -2.18. The van der Waals surface area contributed by atoms with Gasteiger partial charge in [0.05, 0.1) is 17.2 Å². The quantitative estimate of drug-likeness (QED) is 0.850. The third kappa shape index (κ3) is 4.79. The summed E-state index contributed by atoms with van der Waals surface area (Å²) in [5, 5.41) is 0. The molecule has 0 amide bonds. The predicted octanol–water partition coefficient (Wildman–Crippen LogP) is 3.78. The third-order valence-electron chi connectivity index (χ3n) is 2.78. The average Bonchev–Trinajstić information content (AvgIpc) is 2.48. The number of anilines is 1. The molecule has 9 heteroatoms. The highest BCUT2D eigenvalue weighted by atomic mass is 32.2. The Bertz CT molecular complexity index is 806. The molecule has 0 spiro atoms. The zero-order chi connectivity index (χ0) is 17.8. The summed E-state index contributed by atoms with van der Waals surface area (Å²) in [6, 6.07) is 10.5. The van der Waals surface area contributed by atoms with E-state index in [0.29, 0.717) is 12.4 Å². The fourth-order valence-corrected chi connectivity index (χ4v) is 2.98. The molecule has 0 aromatic heterocycles. The fraction of sp³-hybridized carbons (Fsp3) is 0.200.